The molecule has 12 atom stereocenters. The van der Waals surface area contributed by atoms with E-state index < -0.39 is 89.4 Å². The number of amides is 2. The highest BCUT2D eigenvalue weighted by molar-refractivity contribution is 6.74. The molecule has 14 heteroatoms. The maximum atomic E-state index is 15.1. The summed E-state index contributed by atoms with van der Waals surface area (Å²) in [6, 6.07) is -2.58. The predicted octanol–water partition coefficient (Wildman–Crippen LogP) is 4.65. The van der Waals surface area contributed by atoms with Gasteiger partial charge in [-0.2, -0.15) is 0 Å². The lowest BCUT2D eigenvalue weighted by Crippen LogP contribution is -2.70. The molecule has 0 aromatic heterocycles. The van der Waals surface area contributed by atoms with E-state index >= 15 is 9.59 Å². The molecule has 5 fully saturated rings. The van der Waals surface area contributed by atoms with Crippen LogP contribution in [0.3, 0.4) is 0 Å². The summed E-state index contributed by atoms with van der Waals surface area (Å²) in [5.41, 5.74) is 0. The van der Waals surface area contributed by atoms with Crippen molar-refractivity contribution in [1.29, 1.82) is 0 Å². The Morgan fingerprint density at radius 2 is 0.920 bits per heavy atom. The number of rotatable bonds is 8. The van der Waals surface area contributed by atoms with Gasteiger partial charge in [-0.3, -0.25) is 19.2 Å². The third-order valence-corrected chi connectivity index (χ3v) is 22.2. The Hall–Kier alpha value is -1.85. The van der Waals surface area contributed by atoms with E-state index in [1.807, 2.05) is 0 Å². The van der Waals surface area contributed by atoms with E-state index in [0.717, 1.165) is 0 Å². The molecule has 50 heavy (non-hydrogen) atoms. The Balaban J connectivity index is 1.59. The van der Waals surface area contributed by atoms with Crippen molar-refractivity contribution < 1.29 is 47.0 Å². The molecule has 0 aromatic carbocycles. The number of esters is 2. The predicted molar refractivity (Wildman–Crippen MR) is 191 cm³/mol. The third kappa shape index (κ3) is 6.74. The molecule has 2 aliphatic carbocycles. The molecule has 3 heterocycles. The van der Waals surface area contributed by atoms with E-state index in [0.29, 0.717) is 25.7 Å². The average Bonchev–Trinajstić information content (AvgIpc) is 3.58. The van der Waals surface area contributed by atoms with Gasteiger partial charge in [-0.05, 0) is 49.1 Å². The Kier molecular flexibility index (Phi) is 10.7. The fraction of sp³-hybridized carbons (Fsp3) is 0.889. The van der Waals surface area contributed by atoms with Crippen molar-refractivity contribution in [2.24, 2.45) is 11.8 Å². The van der Waals surface area contributed by atoms with Gasteiger partial charge in [0.25, 0.3) is 0 Å². The van der Waals surface area contributed by atoms with Crippen LogP contribution in [0.2, 0.25) is 36.3 Å². The first-order chi connectivity index (χ1) is 23.0. The Morgan fingerprint density at radius 3 is 1.18 bits per heavy atom. The topological polar surface area (TPSA) is 130 Å². The van der Waals surface area contributed by atoms with E-state index in [4.69, 9.17) is 27.8 Å². The summed E-state index contributed by atoms with van der Waals surface area (Å²) in [5.74, 6) is -1.73. The standard InChI is InChI=1S/C36H62N2O10Si2/c1-19(39)45-25-17-27(43-9)31(47-49(11,12)35(3,4)5)29-21(25)15-23-33(41)38-24(34(42)37(23)29)16-22-26(46-20(2)40)18-28(44-10)32(30(22)38)48-50(13,14)36(6,7)8/h21-32H,15-18H2,1-14H3/t21-,22-,23+,24+,25?,26?,27+,28+,29-,30-,31-,32-/m1/s1. The fourth-order valence-electron chi connectivity index (χ4n) is 8.78. The number of fused-ring (bicyclic) bond motifs is 6. The van der Waals surface area contributed by atoms with Gasteiger partial charge in [0, 0.05) is 52.7 Å². The zero-order chi connectivity index (χ0) is 37.5. The van der Waals surface area contributed by atoms with Crippen LogP contribution >= 0.6 is 0 Å². The van der Waals surface area contributed by atoms with E-state index in [1.165, 1.54) is 13.8 Å². The lowest BCUT2D eigenvalue weighted by molar-refractivity contribution is -0.179. The molecule has 0 bridgehead atoms. The highest BCUT2D eigenvalue weighted by Gasteiger charge is 2.68. The van der Waals surface area contributed by atoms with Crippen LogP contribution in [0.4, 0.5) is 0 Å². The third-order valence-electron chi connectivity index (χ3n) is 13.3. The summed E-state index contributed by atoms with van der Waals surface area (Å²) < 4.78 is 38.2. The van der Waals surface area contributed by atoms with Crippen molar-refractivity contribution >= 4 is 40.4 Å². The minimum atomic E-state index is -2.39. The zero-order valence-electron chi connectivity index (χ0n) is 32.7. The summed E-state index contributed by atoms with van der Waals surface area (Å²) in [4.78, 5) is 58.4. The Bertz CT molecular complexity index is 1240. The normalized spacial score (nSPS) is 37.6. The van der Waals surface area contributed by atoms with Gasteiger partial charge in [-0.15, -0.1) is 0 Å². The van der Waals surface area contributed by atoms with E-state index in [-0.39, 0.29) is 33.7 Å². The van der Waals surface area contributed by atoms with Crippen molar-refractivity contribution in [3.05, 3.63) is 0 Å². The minimum Gasteiger partial charge on any atom is -0.462 e. The largest absolute Gasteiger partial charge is 0.462 e. The number of hydrogen-bond acceptors (Lipinski definition) is 10. The molecular weight excluding hydrogens is 677 g/mol. The number of piperazine rings is 1. The molecule has 0 spiro atoms. The average molecular weight is 739 g/mol. The van der Waals surface area contributed by atoms with Crippen molar-refractivity contribution in [3.63, 3.8) is 0 Å². The summed E-state index contributed by atoms with van der Waals surface area (Å²) >= 11 is 0. The quantitative estimate of drug-likeness (QED) is 0.256. The Labute approximate surface area is 300 Å². The van der Waals surface area contributed by atoms with Gasteiger partial charge in [-0.25, -0.2) is 0 Å². The maximum Gasteiger partial charge on any atom is 0.302 e. The number of hydrogen-bond donors (Lipinski definition) is 0. The molecule has 0 radical (unpaired) electrons. The summed E-state index contributed by atoms with van der Waals surface area (Å²) in [7, 11) is -1.53. The molecule has 284 valence electrons. The van der Waals surface area contributed by atoms with Crippen LogP contribution in [0.5, 0.6) is 0 Å². The van der Waals surface area contributed by atoms with Crippen molar-refractivity contribution in [2.45, 2.75) is 178 Å². The van der Waals surface area contributed by atoms with Gasteiger partial charge < -0.3 is 37.6 Å². The second kappa shape index (κ2) is 13.5. The highest BCUT2D eigenvalue weighted by atomic mass is 28.4. The van der Waals surface area contributed by atoms with E-state index in [9.17, 15) is 9.59 Å². The monoisotopic (exact) mass is 738 g/mol. The number of carbonyl (C=O) groups excluding carboxylic acids is 4. The molecule has 5 aliphatic rings. The highest BCUT2D eigenvalue weighted by Crippen LogP contribution is 2.53. The first-order valence-corrected chi connectivity index (χ1v) is 24.2. The van der Waals surface area contributed by atoms with Crippen LogP contribution in [-0.2, 0) is 47.0 Å². The first kappa shape index (κ1) is 39.4. The van der Waals surface area contributed by atoms with E-state index in [1.54, 1.807) is 24.0 Å². The van der Waals surface area contributed by atoms with Crippen molar-refractivity contribution in [3.8, 4) is 0 Å². The second-order valence-corrected chi connectivity index (χ2v) is 27.8. The number of nitrogens with zero attached hydrogens (tertiary/aromatic N) is 2. The van der Waals surface area contributed by atoms with Crippen LogP contribution in [-0.4, -0.2) is 125 Å². The van der Waals surface area contributed by atoms with Gasteiger partial charge in [-0.1, -0.05) is 41.5 Å². The lowest BCUT2D eigenvalue weighted by atomic mass is 9.77. The smallest absolute Gasteiger partial charge is 0.302 e. The van der Waals surface area contributed by atoms with Crippen LogP contribution < -0.4 is 0 Å². The maximum absolute atomic E-state index is 15.1. The molecule has 2 unspecified atom stereocenters. The Morgan fingerprint density at radius 1 is 0.600 bits per heavy atom. The first-order valence-electron chi connectivity index (χ1n) is 18.4. The summed E-state index contributed by atoms with van der Waals surface area (Å²) in [5, 5.41) is -0.234. The molecule has 3 saturated heterocycles. The van der Waals surface area contributed by atoms with Crippen LogP contribution in [0.15, 0.2) is 0 Å². The summed E-state index contributed by atoms with van der Waals surface area (Å²) in [6.07, 6.45) is -1.45. The van der Waals surface area contributed by atoms with E-state index in [2.05, 4.69) is 67.7 Å². The van der Waals surface area contributed by atoms with Gasteiger partial charge in [0.2, 0.25) is 11.8 Å². The van der Waals surface area contributed by atoms with Gasteiger partial charge in [0.1, 0.15) is 24.3 Å². The molecule has 2 saturated carbocycles. The molecule has 0 aromatic rings. The summed E-state index contributed by atoms with van der Waals surface area (Å²) in [6.45, 7) is 24.5. The van der Waals surface area contributed by atoms with Gasteiger partial charge in [0.15, 0.2) is 16.6 Å². The fourth-order valence-corrected chi connectivity index (χ4v) is 11.4. The zero-order valence-corrected chi connectivity index (χ0v) is 34.7. The van der Waals surface area contributed by atoms with Gasteiger partial charge in [0.05, 0.1) is 36.5 Å². The van der Waals surface area contributed by atoms with Gasteiger partial charge >= 0.3 is 11.9 Å². The van der Waals surface area contributed by atoms with Crippen LogP contribution in [0.25, 0.3) is 0 Å². The van der Waals surface area contributed by atoms with Crippen LogP contribution in [0.1, 0.15) is 81.1 Å². The number of ether oxygens (including phenoxy) is 4. The van der Waals surface area contributed by atoms with Crippen LogP contribution in [0, 0.1) is 11.8 Å². The molecule has 3 aliphatic heterocycles. The molecule has 2 amide bonds. The minimum absolute atomic E-state index is 0.117. The molecule has 12 nitrogen and oxygen atoms in total. The SMILES string of the molecule is CO[C@H]1CC(OC(C)=O)[C@H]2C[C@H]3C(=O)N4[C@H]5[C@H](O[Si](C)(C)C(C)(C)C)[C@@H](OC)CC(OC(C)=O)[C@H]5C[C@H]4C(=O)N3[C@H]2[C@@H]1O[Si](C)(C)C(C)(C)C. The molecular formula is C36H62N2O10Si2. The van der Waals surface area contributed by atoms with Crippen molar-refractivity contribution in [1.82, 2.24) is 9.80 Å². The molecule has 0 N–H and O–H groups in total. The number of methoxy groups -OCH3 is 2. The number of carbonyl (C=O) groups is 4. The lowest BCUT2D eigenvalue weighted by Gasteiger charge is -2.53. The van der Waals surface area contributed by atoms with Crippen molar-refractivity contribution in [2.75, 3.05) is 14.2 Å². The molecule has 5 rings (SSSR count). The second-order valence-electron chi connectivity index (χ2n) is 18.3.